The smallest absolute Gasteiger partial charge is 0.389 e. The molecule has 0 fully saturated rings. The van der Waals surface area contributed by atoms with Gasteiger partial charge in [-0.3, -0.25) is 4.79 Å². The molecule has 0 heterocycles. The first-order valence-corrected chi connectivity index (χ1v) is 4.35. The Hall–Kier alpha value is -0.390. The van der Waals surface area contributed by atoms with Crippen LogP contribution in [0.1, 0.15) is 19.8 Å². The molecule has 0 spiro atoms. The molecule has 0 aromatic heterocycles. The van der Waals surface area contributed by atoms with Gasteiger partial charge in [0, 0.05) is 5.75 Å². The van der Waals surface area contributed by atoms with Gasteiger partial charge in [-0.05, 0) is 6.92 Å². The van der Waals surface area contributed by atoms with Gasteiger partial charge in [0.15, 0.2) is 0 Å². The summed E-state index contributed by atoms with van der Waals surface area (Å²) in [4.78, 5) is 10.7. The molecule has 1 atom stereocenters. The Morgan fingerprint density at radius 3 is 2.46 bits per heavy atom. The van der Waals surface area contributed by atoms with Gasteiger partial charge in [-0.1, -0.05) is 0 Å². The van der Waals surface area contributed by atoms with Crippen molar-refractivity contribution < 1.29 is 22.7 Å². The molecule has 0 aliphatic heterocycles. The number of thiol groups is 1. The first-order chi connectivity index (χ1) is 5.85. The third-order valence-electron chi connectivity index (χ3n) is 1.20. The summed E-state index contributed by atoms with van der Waals surface area (Å²) in [5, 5.41) is 0. The summed E-state index contributed by atoms with van der Waals surface area (Å²) in [5.74, 6) is -0.531. The Morgan fingerprint density at radius 1 is 1.54 bits per heavy atom. The van der Waals surface area contributed by atoms with Gasteiger partial charge >= 0.3 is 12.1 Å². The molecule has 1 unspecified atom stereocenters. The highest BCUT2D eigenvalue weighted by atomic mass is 32.1. The minimum absolute atomic E-state index is 0.303. The van der Waals surface area contributed by atoms with Crippen LogP contribution in [0, 0.1) is 0 Å². The van der Waals surface area contributed by atoms with E-state index in [0.29, 0.717) is 5.75 Å². The molecule has 0 saturated carbocycles. The topological polar surface area (TPSA) is 26.3 Å². The van der Waals surface area contributed by atoms with E-state index in [-0.39, 0.29) is 0 Å². The molecule has 0 N–H and O–H groups in total. The van der Waals surface area contributed by atoms with Crippen LogP contribution in [0.4, 0.5) is 13.2 Å². The van der Waals surface area contributed by atoms with Crippen molar-refractivity contribution in [3.05, 3.63) is 0 Å². The maximum absolute atomic E-state index is 11.6. The fourth-order valence-electron chi connectivity index (χ4n) is 0.564. The standard InChI is InChI=1S/C7H11F3O2S/c1-5(4-13)12-6(11)2-3-7(8,9)10/h5,13H,2-4H2,1H3. The van der Waals surface area contributed by atoms with Crippen molar-refractivity contribution in [1.29, 1.82) is 0 Å². The predicted molar refractivity (Wildman–Crippen MR) is 44.7 cm³/mol. The molecule has 0 aliphatic rings. The number of halogens is 3. The molecule has 2 nitrogen and oxygen atoms in total. The van der Waals surface area contributed by atoms with Crippen LogP contribution in [0.2, 0.25) is 0 Å². The van der Waals surface area contributed by atoms with Crippen molar-refractivity contribution in [1.82, 2.24) is 0 Å². The number of rotatable bonds is 4. The van der Waals surface area contributed by atoms with Crippen molar-refractivity contribution in [2.45, 2.75) is 32.0 Å². The zero-order valence-corrected chi connectivity index (χ0v) is 7.99. The van der Waals surface area contributed by atoms with E-state index in [1.54, 1.807) is 6.92 Å². The summed E-state index contributed by atoms with van der Waals surface area (Å²) < 4.78 is 39.4. The van der Waals surface area contributed by atoms with Crippen molar-refractivity contribution >= 4 is 18.6 Å². The fraction of sp³-hybridized carbons (Fsp3) is 0.857. The van der Waals surface area contributed by atoms with Gasteiger partial charge < -0.3 is 4.74 Å². The Bertz CT molecular complexity index is 170. The SMILES string of the molecule is CC(CS)OC(=O)CCC(F)(F)F. The third-order valence-corrected chi connectivity index (χ3v) is 1.72. The minimum atomic E-state index is -4.30. The fourth-order valence-corrected chi connectivity index (χ4v) is 0.639. The van der Waals surface area contributed by atoms with Gasteiger partial charge in [0.25, 0.3) is 0 Å². The Morgan fingerprint density at radius 2 is 2.08 bits per heavy atom. The molecule has 0 aromatic carbocycles. The highest BCUT2D eigenvalue weighted by Crippen LogP contribution is 2.21. The van der Waals surface area contributed by atoms with Crippen LogP contribution < -0.4 is 0 Å². The van der Waals surface area contributed by atoms with Crippen molar-refractivity contribution in [2.75, 3.05) is 5.75 Å². The Labute approximate surface area is 79.9 Å². The monoisotopic (exact) mass is 216 g/mol. The molecule has 0 aliphatic carbocycles. The first-order valence-electron chi connectivity index (χ1n) is 3.72. The van der Waals surface area contributed by atoms with E-state index in [4.69, 9.17) is 0 Å². The molecule has 6 heteroatoms. The van der Waals surface area contributed by atoms with Gasteiger partial charge in [0.2, 0.25) is 0 Å². The number of carbonyl (C=O) groups is 1. The van der Waals surface area contributed by atoms with E-state index in [9.17, 15) is 18.0 Å². The van der Waals surface area contributed by atoms with E-state index in [0.717, 1.165) is 0 Å². The summed E-state index contributed by atoms with van der Waals surface area (Å²) in [6.07, 6.45) is -6.50. The maximum atomic E-state index is 11.6. The van der Waals surface area contributed by atoms with Crippen LogP contribution in [0.5, 0.6) is 0 Å². The van der Waals surface area contributed by atoms with Crippen molar-refractivity contribution in [3.63, 3.8) is 0 Å². The lowest BCUT2D eigenvalue weighted by molar-refractivity contribution is -0.159. The number of hydrogen-bond acceptors (Lipinski definition) is 3. The molecular weight excluding hydrogens is 205 g/mol. The summed E-state index contributed by atoms with van der Waals surface area (Å²) >= 11 is 3.82. The van der Waals surface area contributed by atoms with Crippen LogP contribution in [0.3, 0.4) is 0 Å². The first kappa shape index (κ1) is 12.6. The summed E-state index contributed by atoms with van der Waals surface area (Å²) in [6.45, 7) is 1.57. The third kappa shape index (κ3) is 7.95. The van der Waals surface area contributed by atoms with Gasteiger partial charge in [0.05, 0.1) is 12.8 Å². The lowest BCUT2D eigenvalue weighted by atomic mass is 10.3. The zero-order valence-electron chi connectivity index (χ0n) is 7.10. The Kier molecular flexibility index (Phi) is 5.20. The second-order valence-electron chi connectivity index (χ2n) is 2.60. The zero-order chi connectivity index (χ0) is 10.5. The van der Waals surface area contributed by atoms with Crippen LogP contribution in [0.25, 0.3) is 0 Å². The summed E-state index contributed by atoms with van der Waals surface area (Å²) in [6, 6.07) is 0. The molecule has 0 bridgehead atoms. The van der Waals surface area contributed by atoms with Crippen molar-refractivity contribution in [2.24, 2.45) is 0 Å². The largest absolute Gasteiger partial charge is 0.462 e. The molecule has 0 rings (SSSR count). The molecule has 13 heavy (non-hydrogen) atoms. The number of esters is 1. The normalized spacial score (nSPS) is 13.9. The molecule has 78 valence electrons. The lowest BCUT2D eigenvalue weighted by Gasteiger charge is -2.10. The quantitative estimate of drug-likeness (QED) is 0.576. The molecule has 0 aromatic rings. The number of hydrogen-bond donors (Lipinski definition) is 1. The highest BCUT2D eigenvalue weighted by molar-refractivity contribution is 7.80. The van der Waals surface area contributed by atoms with Crippen molar-refractivity contribution in [3.8, 4) is 0 Å². The van der Waals surface area contributed by atoms with Gasteiger partial charge in [0.1, 0.15) is 6.10 Å². The average Bonchev–Trinajstić information content (AvgIpc) is 1.99. The average molecular weight is 216 g/mol. The van der Waals surface area contributed by atoms with Gasteiger partial charge in [-0.25, -0.2) is 0 Å². The van der Waals surface area contributed by atoms with Gasteiger partial charge in [-0.15, -0.1) is 0 Å². The van der Waals surface area contributed by atoms with Crippen LogP contribution in [-0.4, -0.2) is 24.0 Å². The Balaban J connectivity index is 3.64. The number of alkyl halides is 3. The number of ether oxygens (including phenoxy) is 1. The molecule has 0 amide bonds. The van der Waals surface area contributed by atoms with Crippen LogP contribution >= 0.6 is 12.6 Å². The van der Waals surface area contributed by atoms with E-state index >= 15 is 0 Å². The van der Waals surface area contributed by atoms with Crippen LogP contribution in [-0.2, 0) is 9.53 Å². The maximum Gasteiger partial charge on any atom is 0.389 e. The van der Waals surface area contributed by atoms with E-state index in [2.05, 4.69) is 17.4 Å². The second-order valence-corrected chi connectivity index (χ2v) is 2.96. The van der Waals surface area contributed by atoms with E-state index < -0.39 is 31.1 Å². The summed E-state index contributed by atoms with van der Waals surface area (Å²) in [7, 11) is 0. The minimum Gasteiger partial charge on any atom is -0.462 e. The van der Waals surface area contributed by atoms with Gasteiger partial charge in [-0.2, -0.15) is 25.8 Å². The van der Waals surface area contributed by atoms with Crippen LogP contribution in [0.15, 0.2) is 0 Å². The molecular formula is C7H11F3O2S. The number of carbonyl (C=O) groups excluding carboxylic acids is 1. The van der Waals surface area contributed by atoms with E-state index in [1.807, 2.05) is 0 Å². The molecule has 0 saturated heterocycles. The predicted octanol–water partition coefficient (Wildman–Crippen LogP) is 2.19. The van der Waals surface area contributed by atoms with E-state index in [1.165, 1.54) is 0 Å². The highest BCUT2D eigenvalue weighted by Gasteiger charge is 2.28. The second kappa shape index (κ2) is 5.36. The molecule has 0 radical (unpaired) electrons. The summed E-state index contributed by atoms with van der Waals surface area (Å²) in [5.41, 5.74) is 0. The lowest BCUT2D eigenvalue weighted by Crippen LogP contribution is -2.18.